The summed E-state index contributed by atoms with van der Waals surface area (Å²) in [7, 11) is -3.78. The van der Waals surface area contributed by atoms with Gasteiger partial charge in [-0.1, -0.05) is 30.3 Å². The Morgan fingerprint density at radius 3 is 2.67 bits per heavy atom. The number of carbonyl (C=O) groups is 1. The quantitative estimate of drug-likeness (QED) is 0.865. The first kappa shape index (κ1) is 16.9. The summed E-state index contributed by atoms with van der Waals surface area (Å²) < 4.78 is 27.3. The SMILES string of the molecule is CCNC(=O)[C@@H]1C[C@H](N)CN1S(=O)(=O)c1ccc2ccccc2c1. The van der Waals surface area contributed by atoms with Crippen LogP contribution >= 0.6 is 0 Å². The highest BCUT2D eigenvalue weighted by molar-refractivity contribution is 7.89. The van der Waals surface area contributed by atoms with Crippen molar-refractivity contribution in [2.45, 2.75) is 30.3 Å². The monoisotopic (exact) mass is 347 g/mol. The number of benzene rings is 2. The molecule has 0 aliphatic carbocycles. The van der Waals surface area contributed by atoms with Crippen LogP contribution in [0.25, 0.3) is 10.8 Å². The molecule has 0 unspecified atom stereocenters. The van der Waals surface area contributed by atoms with Crippen LogP contribution in [0.1, 0.15) is 13.3 Å². The second-order valence-corrected chi connectivity index (χ2v) is 7.88. The van der Waals surface area contributed by atoms with Gasteiger partial charge >= 0.3 is 0 Å². The van der Waals surface area contributed by atoms with Gasteiger partial charge in [0, 0.05) is 19.1 Å². The number of nitrogens with zero attached hydrogens (tertiary/aromatic N) is 1. The van der Waals surface area contributed by atoms with Gasteiger partial charge in [-0.2, -0.15) is 4.31 Å². The maximum absolute atomic E-state index is 13.0. The lowest BCUT2D eigenvalue weighted by Crippen LogP contribution is -2.45. The number of rotatable bonds is 4. The van der Waals surface area contributed by atoms with Gasteiger partial charge in [-0.15, -0.1) is 0 Å². The van der Waals surface area contributed by atoms with Crippen LogP contribution in [-0.2, 0) is 14.8 Å². The molecule has 2 atom stereocenters. The number of nitrogens with one attached hydrogen (secondary N) is 1. The van der Waals surface area contributed by atoms with E-state index in [9.17, 15) is 13.2 Å². The Hall–Kier alpha value is -1.96. The molecule has 1 amide bonds. The van der Waals surface area contributed by atoms with Gasteiger partial charge in [0.25, 0.3) is 0 Å². The maximum atomic E-state index is 13.0. The van der Waals surface area contributed by atoms with Crippen LogP contribution in [0.5, 0.6) is 0 Å². The Kier molecular flexibility index (Phi) is 4.58. The van der Waals surface area contributed by atoms with Crippen molar-refractivity contribution in [1.82, 2.24) is 9.62 Å². The van der Waals surface area contributed by atoms with Crippen molar-refractivity contribution in [3.63, 3.8) is 0 Å². The van der Waals surface area contributed by atoms with Crippen LogP contribution in [0.2, 0.25) is 0 Å². The second-order valence-electron chi connectivity index (χ2n) is 5.99. The molecule has 3 N–H and O–H groups in total. The van der Waals surface area contributed by atoms with Gasteiger partial charge in [-0.25, -0.2) is 8.42 Å². The van der Waals surface area contributed by atoms with Crippen LogP contribution in [0.4, 0.5) is 0 Å². The van der Waals surface area contributed by atoms with Crippen LogP contribution in [0, 0.1) is 0 Å². The number of likely N-dealkylation sites (N-methyl/N-ethyl adjacent to an activating group) is 1. The van der Waals surface area contributed by atoms with Gasteiger partial charge in [0.15, 0.2) is 0 Å². The molecule has 1 saturated heterocycles. The highest BCUT2D eigenvalue weighted by Crippen LogP contribution is 2.28. The number of carbonyl (C=O) groups excluding carboxylic acids is 1. The van der Waals surface area contributed by atoms with Crippen molar-refractivity contribution in [3.8, 4) is 0 Å². The van der Waals surface area contributed by atoms with E-state index in [0.29, 0.717) is 13.0 Å². The number of sulfonamides is 1. The first-order valence-corrected chi connectivity index (χ1v) is 9.41. The van der Waals surface area contributed by atoms with Crippen LogP contribution in [-0.4, -0.2) is 43.8 Å². The third kappa shape index (κ3) is 3.02. The second kappa shape index (κ2) is 6.51. The lowest BCUT2D eigenvalue weighted by molar-refractivity contribution is -0.124. The summed E-state index contributed by atoms with van der Waals surface area (Å²) in [6.07, 6.45) is 0.332. The predicted molar refractivity (Wildman–Crippen MR) is 92.9 cm³/mol. The van der Waals surface area contributed by atoms with Gasteiger partial charge < -0.3 is 11.1 Å². The van der Waals surface area contributed by atoms with E-state index in [1.165, 1.54) is 4.31 Å². The van der Waals surface area contributed by atoms with Gasteiger partial charge in [-0.05, 0) is 36.2 Å². The van der Waals surface area contributed by atoms with Gasteiger partial charge in [-0.3, -0.25) is 4.79 Å². The molecular formula is C17H21N3O3S. The maximum Gasteiger partial charge on any atom is 0.243 e. The summed E-state index contributed by atoms with van der Waals surface area (Å²) in [5.41, 5.74) is 5.93. The zero-order valence-electron chi connectivity index (χ0n) is 13.5. The highest BCUT2D eigenvalue weighted by Gasteiger charge is 2.42. The molecule has 0 spiro atoms. The molecule has 0 radical (unpaired) electrons. The fraction of sp³-hybridized carbons (Fsp3) is 0.353. The smallest absolute Gasteiger partial charge is 0.243 e. The third-order valence-corrected chi connectivity index (χ3v) is 6.14. The van der Waals surface area contributed by atoms with Crippen LogP contribution < -0.4 is 11.1 Å². The van der Waals surface area contributed by atoms with Gasteiger partial charge in [0.1, 0.15) is 6.04 Å². The van der Waals surface area contributed by atoms with Crippen LogP contribution in [0.3, 0.4) is 0 Å². The molecule has 0 bridgehead atoms. The van der Waals surface area contributed by atoms with Crippen molar-refractivity contribution >= 4 is 26.7 Å². The van der Waals surface area contributed by atoms with E-state index in [2.05, 4.69) is 5.32 Å². The third-order valence-electron chi connectivity index (χ3n) is 4.27. The highest BCUT2D eigenvalue weighted by atomic mass is 32.2. The van der Waals surface area contributed by atoms with E-state index in [0.717, 1.165) is 10.8 Å². The first-order chi connectivity index (χ1) is 11.4. The topological polar surface area (TPSA) is 92.5 Å². The fourth-order valence-electron chi connectivity index (χ4n) is 3.10. The summed E-state index contributed by atoms with van der Waals surface area (Å²) in [5, 5.41) is 4.50. The summed E-state index contributed by atoms with van der Waals surface area (Å²) in [4.78, 5) is 12.4. The molecule has 0 saturated carbocycles. The molecule has 1 aliphatic rings. The average Bonchev–Trinajstić information content (AvgIpc) is 2.97. The molecule has 1 fully saturated rings. The molecule has 7 heteroatoms. The molecule has 0 aromatic heterocycles. The molecule has 6 nitrogen and oxygen atoms in total. The van der Waals surface area contributed by atoms with E-state index in [1.54, 1.807) is 25.1 Å². The van der Waals surface area contributed by atoms with Crippen LogP contribution in [0.15, 0.2) is 47.4 Å². The standard InChI is InChI=1S/C17H21N3O3S/c1-2-19-17(21)16-10-14(18)11-20(16)24(22,23)15-8-7-12-5-3-4-6-13(12)9-15/h3-9,14,16H,2,10-11,18H2,1H3,(H,19,21)/t14-,16-/m0/s1. The average molecular weight is 347 g/mol. The Balaban J connectivity index is 1.99. The minimum absolute atomic E-state index is 0.150. The summed E-state index contributed by atoms with van der Waals surface area (Å²) in [6.45, 7) is 2.40. The molecule has 2 aromatic carbocycles. The number of fused-ring (bicyclic) bond motifs is 1. The van der Waals surface area contributed by atoms with Crippen molar-refractivity contribution in [2.24, 2.45) is 5.73 Å². The zero-order chi connectivity index (χ0) is 17.3. The lowest BCUT2D eigenvalue weighted by atomic mass is 10.1. The van der Waals surface area contributed by atoms with Crippen molar-refractivity contribution < 1.29 is 13.2 Å². The molecule has 3 rings (SSSR count). The first-order valence-electron chi connectivity index (χ1n) is 7.97. The van der Waals surface area contributed by atoms with Crippen molar-refractivity contribution in [2.75, 3.05) is 13.1 Å². The molecule has 1 aliphatic heterocycles. The largest absolute Gasteiger partial charge is 0.355 e. The predicted octanol–water partition coefficient (Wildman–Crippen LogP) is 1.07. The number of hydrogen-bond donors (Lipinski definition) is 2. The van der Waals surface area contributed by atoms with E-state index >= 15 is 0 Å². The Bertz CT molecular complexity index is 866. The van der Waals surface area contributed by atoms with E-state index < -0.39 is 16.1 Å². The van der Waals surface area contributed by atoms with Crippen molar-refractivity contribution in [3.05, 3.63) is 42.5 Å². The fourth-order valence-corrected chi connectivity index (χ4v) is 4.79. The lowest BCUT2D eigenvalue weighted by Gasteiger charge is -2.23. The normalized spacial score (nSPS) is 21.9. The Morgan fingerprint density at radius 2 is 1.96 bits per heavy atom. The molecule has 24 heavy (non-hydrogen) atoms. The summed E-state index contributed by atoms with van der Waals surface area (Å²) in [6, 6.07) is 11.5. The molecule has 2 aromatic rings. The number of amides is 1. The van der Waals surface area contributed by atoms with E-state index in [4.69, 9.17) is 5.73 Å². The van der Waals surface area contributed by atoms with E-state index in [1.807, 2.05) is 24.3 Å². The molecule has 1 heterocycles. The molecular weight excluding hydrogens is 326 g/mol. The Morgan fingerprint density at radius 1 is 1.25 bits per heavy atom. The Labute approximate surface area is 141 Å². The number of hydrogen-bond acceptors (Lipinski definition) is 4. The van der Waals surface area contributed by atoms with Gasteiger partial charge in [0.2, 0.25) is 15.9 Å². The minimum atomic E-state index is -3.78. The van der Waals surface area contributed by atoms with Gasteiger partial charge in [0.05, 0.1) is 4.90 Å². The zero-order valence-corrected chi connectivity index (χ0v) is 14.3. The minimum Gasteiger partial charge on any atom is -0.355 e. The van der Waals surface area contributed by atoms with E-state index in [-0.39, 0.29) is 23.4 Å². The summed E-state index contributed by atoms with van der Waals surface area (Å²) in [5.74, 6) is -0.296. The summed E-state index contributed by atoms with van der Waals surface area (Å²) >= 11 is 0. The number of nitrogens with two attached hydrogens (primary N) is 1. The van der Waals surface area contributed by atoms with Crippen molar-refractivity contribution in [1.29, 1.82) is 0 Å². The molecule has 128 valence electrons.